The van der Waals surface area contributed by atoms with Crippen molar-refractivity contribution in [3.8, 4) is 0 Å². The molecule has 5 heteroatoms. The maximum Gasteiger partial charge on any atom is 0.199 e. The zero-order valence-electron chi connectivity index (χ0n) is 17.7. The molecule has 2 unspecified atom stereocenters. The van der Waals surface area contributed by atoms with Gasteiger partial charge in [-0.25, -0.2) is 0 Å². The van der Waals surface area contributed by atoms with E-state index in [1.54, 1.807) is 0 Å². The molecule has 0 N–H and O–H groups in total. The van der Waals surface area contributed by atoms with Gasteiger partial charge < -0.3 is 14.2 Å². The molecule has 1 fully saturated rings. The second-order valence-electron chi connectivity index (χ2n) is 7.30. The number of hydrogen-bond acceptors (Lipinski definition) is 3. The van der Waals surface area contributed by atoms with Crippen LogP contribution in [0.25, 0.3) is 0 Å². The van der Waals surface area contributed by atoms with Crippen LogP contribution in [0.1, 0.15) is 63.0 Å². The maximum atomic E-state index is 14.0. The molecule has 0 bridgehead atoms. The Balaban J connectivity index is 0.000000941. The normalized spacial score (nSPS) is 22.0. The van der Waals surface area contributed by atoms with Gasteiger partial charge in [-0.3, -0.25) is 0 Å². The van der Waals surface area contributed by atoms with Crippen LogP contribution in [0.3, 0.4) is 0 Å². The summed E-state index contributed by atoms with van der Waals surface area (Å²) in [7, 11) is 1.34. The van der Waals surface area contributed by atoms with Crippen molar-refractivity contribution in [2.24, 2.45) is 0 Å². The molecule has 1 heterocycles. The molecule has 1 aromatic rings. The van der Waals surface area contributed by atoms with Gasteiger partial charge in [-0.05, 0) is 24.0 Å². The molecule has 0 radical (unpaired) electrons. The van der Waals surface area contributed by atoms with E-state index >= 15 is 0 Å². The van der Waals surface area contributed by atoms with E-state index in [9.17, 15) is 8.78 Å². The van der Waals surface area contributed by atoms with Crippen molar-refractivity contribution in [2.45, 2.75) is 64.6 Å². The summed E-state index contributed by atoms with van der Waals surface area (Å²) in [6.45, 7) is 8.92. The fraction of sp³-hybridized carbons (Fsp3) is 0.500. The number of benzene rings is 1. The zero-order chi connectivity index (χ0) is 21.2. The molecule has 1 aliphatic carbocycles. The van der Waals surface area contributed by atoms with E-state index in [1.807, 2.05) is 18.2 Å². The van der Waals surface area contributed by atoms with Gasteiger partial charge in [0.2, 0.25) is 0 Å². The molecule has 0 aromatic heterocycles. The van der Waals surface area contributed by atoms with Crippen LogP contribution in [-0.2, 0) is 20.8 Å². The molecule has 1 aromatic carbocycles. The largest absolute Gasteiger partial charge is 0.498 e. The van der Waals surface area contributed by atoms with Crippen LogP contribution in [0.5, 0.6) is 0 Å². The average Bonchev–Trinajstić information content (AvgIpc) is 2.76. The Labute approximate surface area is 173 Å². The first-order valence-electron chi connectivity index (χ1n) is 10.3. The standard InChI is InChI=1S/C21H24F2O3.C3H8/c1-3-17-9-8-16(13-25-17)15-6-4-14(5-7-15)12-26-19-11-10-18(24-2)20(22)21(19)23;1-3-2/h3-7,16-17H,1,8-13H2,2H3;3H2,1-2H3. The van der Waals surface area contributed by atoms with E-state index in [0.717, 1.165) is 18.4 Å². The molecule has 1 aliphatic heterocycles. The predicted octanol–water partition coefficient (Wildman–Crippen LogP) is 6.87. The van der Waals surface area contributed by atoms with Crippen LogP contribution in [0.4, 0.5) is 8.78 Å². The Bertz CT molecular complexity index is 714. The van der Waals surface area contributed by atoms with E-state index in [2.05, 4.69) is 32.6 Å². The highest BCUT2D eigenvalue weighted by atomic mass is 19.2. The molecule has 29 heavy (non-hydrogen) atoms. The summed E-state index contributed by atoms with van der Waals surface area (Å²) in [5, 5.41) is 0. The summed E-state index contributed by atoms with van der Waals surface area (Å²) in [4.78, 5) is 0. The van der Waals surface area contributed by atoms with Gasteiger partial charge >= 0.3 is 0 Å². The van der Waals surface area contributed by atoms with Crippen LogP contribution in [0.15, 0.2) is 60.1 Å². The highest BCUT2D eigenvalue weighted by Gasteiger charge is 2.25. The third-order valence-electron chi connectivity index (χ3n) is 4.95. The van der Waals surface area contributed by atoms with Crippen LogP contribution < -0.4 is 0 Å². The number of rotatable bonds is 6. The lowest BCUT2D eigenvalue weighted by molar-refractivity contribution is 0.0329. The molecule has 160 valence electrons. The van der Waals surface area contributed by atoms with Crippen molar-refractivity contribution in [3.05, 3.63) is 71.2 Å². The smallest absolute Gasteiger partial charge is 0.199 e. The summed E-state index contributed by atoms with van der Waals surface area (Å²) >= 11 is 0. The predicted molar refractivity (Wildman–Crippen MR) is 112 cm³/mol. The van der Waals surface area contributed by atoms with Gasteiger partial charge in [0.15, 0.2) is 11.7 Å². The summed E-state index contributed by atoms with van der Waals surface area (Å²) in [5.74, 6) is -1.46. The van der Waals surface area contributed by atoms with Crippen molar-refractivity contribution in [1.82, 2.24) is 0 Å². The molecule has 0 spiro atoms. The van der Waals surface area contributed by atoms with Crippen molar-refractivity contribution in [2.75, 3.05) is 13.7 Å². The quantitative estimate of drug-likeness (QED) is 0.483. The van der Waals surface area contributed by atoms with Crippen LogP contribution in [-0.4, -0.2) is 19.8 Å². The minimum atomic E-state index is -0.959. The van der Waals surface area contributed by atoms with Crippen molar-refractivity contribution in [1.29, 1.82) is 0 Å². The van der Waals surface area contributed by atoms with Gasteiger partial charge in [-0.1, -0.05) is 50.6 Å². The summed E-state index contributed by atoms with van der Waals surface area (Å²) in [6, 6.07) is 8.03. The lowest BCUT2D eigenvalue weighted by Gasteiger charge is -2.27. The number of halogens is 2. The van der Waals surface area contributed by atoms with E-state index in [-0.39, 0.29) is 24.2 Å². The molecule has 3 nitrogen and oxygen atoms in total. The van der Waals surface area contributed by atoms with E-state index in [4.69, 9.17) is 14.2 Å². The summed E-state index contributed by atoms with van der Waals surface area (Å²) in [5.41, 5.74) is 2.13. The third-order valence-corrected chi connectivity index (χ3v) is 4.95. The number of allylic oxidation sites excluding steroid dienone is 4. The first-order valence-corrected chi connectivity index (χ1v) is 10.3. The molecule has 3 rings (SSSR count). The minimum absolute atomic E-state index is 0.0348. The van der Waals surface area contributed by atoms with Gasteiger partial charge in [0, 0.05) is 18.8 Å². The van der Waals surface area contributed by atoms with Crippen LogP contribution in [0, 0.1) is 0 Å². The molecule has 0 amide bonds. The summed E-state index contributed by atoms with van der Waals surface area (Å²) < 4.78 is 43.8. The van der Waals surface area contributed by atoms with Crippen molar-refractivity contribution >= 4 is 0 Å². The Hall–Kier alpha value is -2.14. The maximum absolute atomic E-state index is 14.0. The SMILES string of the molecule is C=CC1CCC(c2ccc(COC3=C(F)C(F)=C(OC)CC3)cc2)CO1.CCC. The highest BCUT2D eigenvalue weighted by molar-refractivity contribution is 5.30. The number of hydrogen-bond donors (Lipinski definition) is 0. The first-order chi connectivity index (χ1) is 14.0. The Morgan fingerprint density at radius 1 is 1.07 bits per heavy atom. The monoisotopic (exact) mass is 406 g/mol. The second kappa shape index (κ2) is 11.8. The molecular weight excluding hydrogens is 374 g/mol. The Morgan fingerprint density at radius 3 is 2.24 bits per heavy atom. The van der Waals surface area contributed by atoms with Gasteiger partial charge in [0.25, 0.3) is 0 Å². The van der Waals surface area contributed by atoms with Crippen molar-refractivity contribution < 1.29 is 23.0 Å². The first kappa shape index (κ1) is 23.1. The lowest BCUT2D eigenvalue weighted by atomic mass is 9.91. The topological polar surface area (TPSA) is 27.7 Å². The van der Waals surface area contributed by atoms with E-state index in [0.29, 0.717) is 25.4 Å². The summed E-state index contributed by atoms with van der Waals surface area (Å²) in [6.07, 6.45) is 5.91. The molecule has 0 saturated carbocycles. The fourth-order valence-corrected chi connectivity index (χ4v) is 3.30. The minimum Gasteiger partial charge on any atom is -0.498 e. The van der Waals surface area contributed by atoms with Gasteiger partial charge in [0.1, 0.15) is 18.1 Å². The van der Waals surface area contributed by atoms with Gasteiger partial charge in [-0.2, -0.15) is 8.78 Å². The van der Waals surface area contributed by atoms with Crippen molar-refractivity contribution in [3.63, 3.8) is 0 Å². The van der Waals surface area contributed by atoms with Gasteiger partial charge in [0.05, 0.1) is 19.8 Å². The lowest BCUT2D eigenvalue weighted by Crippen LogP contribution is -2.22. The zero-order valence-corrected chi connectivity index (χ0v) is 17.7. The molecule has 2 aliphatic rings. The van der Waals surface area contributed by atoms with Crippen LogP contribution >= 0.6 is 0 Å². The molecular formula is C24H32F2O3. The number of ether oxygens (including phenoxy) is 3. The Morgan fingerprint density at radius 2 is 1.69 bits per heavy atom. The molecule has 2 atom stereocenters. The van der Waals surface area contributed by atoms with E-state index in [1.165, 1.54) is 19.1 Å². The number of methoxy groups -OCH3 is 1. The second-order valence-corrected chi connectivity index (χ2v) is 7.30. The Kier molecular flexibility index (Phi) is 9.39. The highest BCUT2D eigenvalue weighted by Crippen LogP contribution is 2.34. The third kappa shape index (κ3) is 6.43. The van der Waals surface area contributed by atoms with E-state index < -0.39 is 11.7 Å². The average molecular weight is 407 g/mol. The molecule has 1 saturated heterocycles. The fourth-order valence-electron chi connectivity index (χ4n) is 3.30. The van der Waals surface area contributed by atoms with Crippen LogP contribution in [0.2, 0.25) is 0 Å². The van der Waals surface area contributed by atoms with Gasteiger partial charge in [-0.15, -0.1) is 6.58 Å².